The molecule has 0 fully saturated rings. The topological polar surface area (TPSA) is 44.0 Å². The molecule has 0 aromatic heterocycles. The summed E-state index contributed by atoms with van der Waals surface area (Å²) >= 11 is 9.50. The second kappa shape index (κ2) is 6.10. The summed E-state index contributed by atoms with van der Waals surface area (Å²) in [6.07, 6.45) is 1.25. The average molecular weight is 337 g/mol. The van der Waals surface area contributed by atoms with Crippen molar-refractivity contribution in [3.8, 4) is 11.8 Å². The summed E-state index contributed by atoms with van der Waals surface area (Å²) in [5, 5.41) is 19.5. The minimum absolute atomic E-state index is 0.258. The minimum atomic E-state index is 0.258. The highest BCUT2D eigenvalue weighted by atomic mass is 79.9. The van der Waals surface area contributed by atoms with Gasteiger partial charge >= 0.3 is 0 Å². The summed E-state index contributed by atoms with van der Waals surface area (Å²) in [5.41, 5.74) is 2.24. The van der Waals surface area contributed by atoms with Crippen molar-refractivity contribution in [2.75, 3.05) is 0 Å². The van der Waals surface area contributed by atoms with Crippen LogP contribution in [0.15, 0.2) is 40.9 Å². The largest absolute Gasteiger partial charge is 0.508 e. The number of aromatic hydroxyl groups is 1. The Morgan fingerprint density at radius 2 is 2.00 bits per heavy atom. The predicted octanol–water partition coefficient (Wildman–Crippen LogP) is 4.46. The van der Waals surface area contributed by atoms with Crippen LogP contribution in [0.1, 0.15) is 16.7 Å². The lowest BCUT2D eigenvalue weighted by atomic mass is 10.00. The van der Waals surface area contributed by atoms with Gasteiger partial charge in [0.15, 0.2) is 0 Å². The lowest BCUT2D eigenvalue weighted by molar-refractivity contribution is 0.468. The number of benzene rings is 2. The van der Waals surface area contributed by atoms with Crippen LogP contribution in [0.4, 0.5) is 0 Å². The molecule has 2 aromatic rings. The van der Waals surface area contributed by atoms with E-state index in [9.17, 15) is 5.11 Å². The first-order valence-electron chi connectivity index (χ1n) is 5.76. The Balaban J connectivity index is 2.24. The van der Waals surface area contributed by atoms with E-state index in [2.05, 4.69) is 22.0 Å². The molecule has 2 rings (SSSR count). The Labute approximate surface area is 125 Å². The van der Waals surface area contributed by atoms with E-state index in [-0.39, 0.29) is 5.75 Å². The van der Waals surface area contributed by atoms with Crippen molar-refractivity contribution >= 4 is 27.5 Å². The summed E-state index contributed by atoms with van der Waals surface area (Å²) in [6, 6.07) is 12.7. The van der Waals surface area contributed by atoms with Crippen LogP contribution in [0.2, 0.25) is 5.02 Å². The van der Waals surface area contributed by atoms with E-state index in [0.717, 1.165) is 15.6 Å². The zero-order valence-electron chi connectivity index (χ0n) is 10.0. The fraction of sp³-hybridized carbons (Fsp3) is 0.133. The maximum atomic E-state index is 9.79. The third-order valence-electron chi connectivity index (χ3n) is 2.93. The average Bonchev–Trinajstić information content (AvgIpc) is 2.40. The third kappa shape index (κ3) is 3.28. The van der Waals surface area contributed by atoms with Crippen molar-refractivity contribution in [3.63, 3.8) is 0 Å². The normalized spacial score (nSPS) is 10.2. The molecule has 2 nitrogen and oxygen atoms in total. The number of nitriles is 1. The van der Waals surface area contributed by atoms with Gasteiger partial charge in [0.25, 0.3) is 0 Å². The van der Waals surface area contributed by atoms with Gasteiger partial charge in [0, 0.05) is 9.50 Å². The number of hydrogen-bond acceptors (Lipinski definition) is 2. The van der Waals surface area contributed by atoms with Gasteiger partial charge in [0.05, 0.1) is 11.6 Å². The van der Waals surface area contributed by atoms with E-state index in [4.69, 9.17) is 16.9 Å². The summed E-state index contributed by atoms with van der Waals surface area (Å²) < 4.78 is 0.917. The first-order valence-corrected chi connectivity index (χ1v) is 6.94. The SMILES string of the molecule is N#Cc1cccc(Cl)c1CCc1cc(Br)ccc1O. The molecule has 0 bridgehead atoms. The van der Waals surface area contributed by atoms with Crippen molar-refractivity contribution in [2.24, 2.45) is 0 Å². The van der Waals surface area contributed by atoms with E-state index in [1.807, 2.05) is 6.07 Å². The van der Waals surface area contributed by atoms with Crippen LogP contribution in [-0.4, -0.2) is 5.11 Å². The van der Waals surface area contributed by atoms with Crippen LogP contribution in [-0.2, 0) is 12.8 Å². The molecule has 2 aromatic carbocycles. The molecule has 0 spiro atoms. The lowest BCUT2D eigenvalue weighted by Gasteiger charge is -2.08. The zero-order chi connectivity index (χ0) is 13.8. The molecule has 19 heavy (non-hydrogen) atoms. The molecule has 0 radical (unpaired) electrons. The number of rotatable bonds is 3. The van der Waals surface area contributed by atoms with E-state index in [0.29, 0.717) is 23.4 Å². The smallest absolute Gasteiger partial charge is 0.118 e. The van der Waals surface area contributed by atoms with Crippen molar-refractivity contribution in [2.45, 2.75) is 12.8 Å². The van der Waals surface area contributed by atoms with Gasteiger partial charge in [-0.15, -0.1) is 0 Å². The number of phenolic OH excluding ortho intramolecular Hbond substituents is 1. The summed E-state index contributed by atoms with van der Waals surface area (Å²) in [7, 11) is 0. The first-order chi connectivity index (χ1) is 9.11. The van der Waals surface area contributed by atoms with Gasteiger partial charge < -0.3 is 5.11 Å². The molecule has 0 aliphatic rings. The quantitative estimate of drug-likeness (QED) is 0.899. The number of hydrogen-bond donors (Lipinski definition) is 1. The van der Waals surface area contributed by atoms with Gasteiger partial charge in [-0.25, -0.2) is 0 Å². The van der Waals surface area contributed by atoms with Crippen LogP contribution in [0.25, 0.3) is 0 Å². The zero-order valence-corrected chi connectivity index (χ0v) is 12.4. The second-order valence-corrected chi connectivity index (χ2v) is 5.47. The van der Waals surface area contributed by atoms with Crippen LogP contribution in [0.5, 0.6) is 5.75 Å². The van der Waals surface area contributed by atoms with Crippen LogP contribution >= 0.6 is 27.5 Å². The number of halogens is 2. The fourth-order valence-electron chi connectivity index (χ4n) is 1.93. The number of nitrogens with zero attached hydrogens (tertiary/aromatic N) is 1. The summed E-state index contributed by atoms with van der Waals surface area (Å²) in [6.45, 7) is 0. The second-order valence-electron chi connectivity index (χ2n) is 4.15. The Morgan fingerprint density at radius 3 is 2.74 bits per heavy atom. The van der Waals surface area contributed by atoms with Gasteiger partial charge in [0.2, 0.25) is 0 Å². The van der Waals surface area contributed by atoms with Gasteiger partial charge in [-0.05, 0) is 54.3 Å². The number of phenols is 1. The molecular weight excluding hydrogens is 326 g/mol. The molecule has 0 atom stereocenters. The van der Waals surface area contributed by atoms with Crippen LogP contribution in [0, 0.1) is 11.3 Å². The minimum Gasteiger partial charge on any atom is -0.508 e. The van der Waals surface area contributed by atoms with Gasteiger partial charge in [-0.1, -0.05) is 33.6 Å². The van der Waals surface area contributed by atoms with E-state index in [1.54, 1.807) is 30.3 Å². The Kier molecular flexibility index (Phi) is 4.47. The lowest BCUT2D eigenvalue weighted by Crippen LogP contribution is -1.96. The monoisotopic (exact) mass is 335 g/mol. The molecule has 4 heteroatoms. The molecular formula is C15H11BrClNO. The van der Waals surface area contributed by atoms with Crippen LogP contribution < -0.4 is 0 Å². The highest BCUT2D eigenvalue weighted by molar-refractivity contribution is 9.10. The fourth-order valence-corrected chi connectivity index (χ4v) is 2.61. The maximum Gasteiger partial charge on any atom is 0.118 e. The van der Waals surface area contributed by atoms with Crippen molar-refractivity contribution < 1.29 is 5.11 Å². The highest BCUT2D eigenvalue weighted by Gasteiger charge is 2.09. The summed E-state index contributed by atoms with van der Waals surface area (Å²) in [5.74, 6) is 0.258. The first kappa shape index (κ1) is 13.9. The van der Waals surface area contributed by atoms with Crippen molar-refractivity contribution in [1.82, 2.24) is 0 Å². The van der Waals surface area contributed by atoms with Crippen molar-refractivity contribution in [1.29, 1.82) is 5.26 Å². The molecule has 0 aliphatic heterocycles. The molecule has 0 saturated heterocycles. The van der Waals surface area contributed by atoms with Gasteiger partial charge in [-0.2, -0.15) is 5.26 Å². The standard InChI is InChI=1S/C15H11BrClNO/c16-12-5-7-15(19)10(8-12)4-6-13-11(9-18)2-1-3-14(13)17/h1-3,5,7-8,19H,4,6H2. The summed E-state index contributed by atoms with van der Waals surface area (Å²) in [4.78, 5) is 0. The maximum absolute atomic E-state index is 9.79. The van der Waals surface area contributed by atoms with E-state index < -0.39 is 0 Å². The molecule has 0 saturated carbocycles. The molecule has 0 amide bonds. The Bertz CT molecular complexity index is 649. The molecule has 0 aliphatic carbocycles. The van der Waals surface area contributed by atoms with Crippen LogP contribution in [0.3, 0.4) is 0 Å². The van der Waals surface area contributed by atoms with E-state index >= 15 is 0 Å². The molecule has 1 N–H and O–H groups in total. The molecule has 0 heterocycles. The van der Waals surface area contributed by atoms with Crippen molar-refractivity contribution in [3.05, 3.63) is 62.6 Å². The third-order valence-corrected chi connectivity index (χ3v) is 3.77. The van der Waals surface area contributed by atoms with Gasteiger partial charge in [0.1, 0.15) is 5.75 Å². The van der Waals surface area contributed by atoms with E-state index in [1.165, 1.54) is 0 Å². The van der Waals surface area contributed by atoms with Gasteiger partial charge in [-0.3, -0.25) is 0 Å². The molecule has 96 valence electrons. The molecule has 0 unspecified atom stereocenters. The predicted molar refractivity (Wildman–Crippen MR) is 79.4 cm³/mol. The highest BCUT2D eigenvalue weighted by Crippen LogP contribution is 2.26. The Morgan fingerprint density at radius 1 is 1.21 bits per heavy atom. The Hall–Kier alpha value is -1.50. The number of aryl methyl sites for hydroxylation is 1.